The molecule has 114 valence electrons. The van der Waals surface area contributed by atoms with E-state index in [1.165, 1.54) is 20.9 Å². The maximum Gasteiger partial charge on any atom is 0.247 e. The van der Waals surface area contributed by atoms with E-state index in [0.717, 1.165) is 17.0 Å². The third-order valence-corrected chi connectivity index (χ3v) is 5.15. The lowest BCUT2D eigenvalue weighted by Gasteiger charge is -2.15. The number of likely N-dealkylation sites (tertiary alicyclic amines) is 1. The van der Waals surface area contributed by atoms with Gasteiger partial charge in [-0.1, -0.05) is 0 Å². The van der Waals surface area contributed by atoms with Gasteiger partial charge in [0.1, 0.15) is 11.9 Å². The van der Waals surface area contributed by atoms with Gasteiger partial charge in [0.05, 0.1) is 11.3 Å². The van der Waals surface area contributed by atoms with Crippen LogP contribution in [0, 0.1) is 19.7 Å². The van der Waals surface area contributed by atoms with Crippen LogP contribution in [0.15, 0.2) is 17.0 Å². The van der Waals surface area contributed by atoms with Crippen molar-refractivity contribution in [1.82, 2.24) is 9.62 Å². The summed E-state index contributed by atoms with van der Waals surface area (Å²) in [7, 11) is -2.72. The van der Waals surface area contributed by atoms with Crippen LogP contribution in [-0.2, 0) is 19.6 Å². The Morgan fingerprint density at radius 2 is 1.76 bits per heavy atom. The molecule has 1 N–H and O–H groups in total. The molecule has 1 fully saturated rings. The second-order valence-corrected chi connectivity index (χ2v) is 6.69. The molecule has 1 saturated heterocycles. The summed E-state index contributed by atoms with van der Waals surface area (Å²) in [4.78, 5) is 24.0. The van der Waals surface area contributed by atoms with Gasteiger partial charge < -0.3 is 0 Å². The van der Waals surface area contributed by atoms with Crippen LogP contribution in [0.3, 0.4) is 0 Å². The van der Waals surface area contributed by atoms with E-state index in [2.05, 4.69) is 4.72 Å². The number of nitrogens with zero attached hydrogens (tertiary/aromatic N) is 1. The molecule has 1 unspecified atom stereocenters. The van der Waals surface area contributed by atoms with Crippen molar-refractivity contribution in [2.75, 3.05) is 7.05 Å². The Kier molecular flexibility index (Phi) is 3.85. The second kappa shape index (κ2) is 5.19. The lowest BCUT2D eigenvalue weighted by molar-refractivity contribution is -0.137. The number of hydrogen-bond donors (Lipinski definition) is 1. The molecule has 21 heavy (non-hydrogen) atoms. The van der Waals surface area contributed by atoms with Gasteiger partial charge in [-0.05, 0) is 37.1 Å². The Labute approximate surface area is 122 Å². The summed E-state index contributed by atoms with van der Waals surface area (Å²) >= 11 is 0. The first kappa shape index (κ1) is 15.6. The number of amides is 2. The van der Waals surface area contributed by atoms with E-state index in [1.807, 2.05) is 0 Å². The number of imide groups is 1. The molecule has 0 aromatic heterocycles. The fourth-order valence-electron chi connectivity index (χ4n) is 2.42. The number of benzene rings is 1. The second-order valence-electron chi connectivity index (χ2n) is 5.04. The van der Waals surface area contributed by atoms with Gasteiger partial charge in [0.25, 0.3) is 0 Å². The third-order valence-electron chi connectivity index (χ3n) is 3.37. The first-order valence-electron chi connectivity index (χ1n) is 6.23. The van der Waals surface area contributed by atoms with Crippen molar-refractivity contribution < 1.29 is 22.4 Å². The van der Waals surface area contributed by atoms with E-state index in [-0.39, 0.29) is 22.4 Å². The topological polar surface area (TPSA) is 83.6 Å². The van der Waals surface area contributed by atoms with Crippen LogP contribution in [0.5, 0.6) is 0 Å². The van der Waals surface area contributed by atoms with Crippen molar-refractivity contribution in [2.24, 2.45) is 0 Å². The third kappa shape index (κ3) is 2.81. The van der Waals surface area contributed by atoms with Gasteiger partial charge in [0.15, 0.2) is 0 Å². The summed E-state index contributed by atoms with van der Waals surface area (Å²) in [6.07, 6.45) is -0.214. The van der Waals surface area contributed by atoms with Crippen molar-refractivity contribution in [3.05, 3.63) is 29.1 Å². The number of halogens is 1. The average Bonchev–Trinajstić information content (AvgIpc) is 2.54. The number of sulfonamides is 1. The van der Waals surface area contributed by atoms with Crippen molar-refractivity contribution in [1.29, 1.82) is 0 Å². The minimum atomic E-state index is -4.02. The van der Waals surface area contributed by atoms with E-state index >= 15 is 0 Å². The highest BCUT2D eigenvalue weighted by Crippen LogP contribution is 2.23. The van der Waals surface area contributed by atoms with E-state index < -0.39 is 33.7 Å². The van der Waals surface area contributed by atoms with Crippen LogP contribution in [-0.4, -0.2) is 38.2 Å². The number of likely N-dealkylation sites (N-methyl/N-ethyl adjacent to an activating group) is 1. The zero-order valence-corrected chi connectivity index (χ0v) is 12.6. The minimum absolute atomic E-state index is 0.0706. The van der Waals surface area contributed by atoms with Gasteiger partial charge in [-0.15, -0.1) is 0 Å². The first-order valence-corrected chi connectivity index (χ1v) is 7.71. The Morgan fingerprint density at radius 3 is 2.19 bits per heavy atom. The van der Waals surface area contributed by atoms with Gasteiger partial charge in [-0.2, -0.15) is 4.72 Å². The summed E-state index contributed by atoms with van der Waals surface area (Å²) in [5, 5.41) is 0. The lowest BCUT2D eigenvalue weighted by Crippen LogP contribution is -2.41. The van der Waals surface area contributed by atoms with Gasteiger partial charge >= 0.3 is 0 Å². The molecule has 8 heteroatoms. The molecule has 1 aromatic carbocycles. The molecule has 2 amide bonds. The van der Waals surface area contributed by atoms with Crippen LogP contribution < -0.4 is 4.72 Å². The normalized spacial score (nSPS) is 19.4. The molecule has 1 aromatic rings. The molecule has 2 rings (SSSR count). The minimum Gasteiger partial charge on any atom is -0.284 e. The Hall–Kier alpha value is -1.80. The molecule has 0 aliphatic carbocycles. The highest BCUT2D eigenvalue weighted by molar-refractivity contribution is 7.89. The zero-order chi connectivity index (χ0) is 15.9. The number of carbonyl (C=O) groups is 2. The SMILES string of the molecule is Cc1cc(F)cc(C)c1S(=O)(=O)NC1CC(=O)N(C)C1=O. The number of carbonyl (C=O) groups excluding carboxylic acids is 2. The van der Waals surface area contributed by atoms with Crippen molar-refractivity contribution in [2.45, 2.75) is 31.2 Å². The number of rotatable bonds is 3. The van der Waals surface area contributed by atoms with Gasteiger partial charge in [-0.3, -0.25) is 14.5 Å². The number of hydrogen-bond acceptors (Lipinski definition) is 4. The van der Waals surface area contributed by atoms with E-state index in [0.29, 0.717) is 0 Å². The summed E-state index contributed by atoms with van der Waals surface area (Å²) in [5.74, 6) is -1.57. The molecule has 0 bridgehead atoms. The molecule has 1 aliphatic heterocycles. The van der Waals surface area contributed by atoms with E-state index in [9.17, 15) is 22.4 Å². The van der Waals surface area contributed by atoms with E-state index in [4.69, 9.17) is 0 Å². The lowest BCUT2D eigenvalue weighted by atomic mass is 10.1. The molecule has 0 radical (unpaired) electrons. The van der Waals surface area contributed by atoms with Crippen LogP contribution in [0.2, 0.25) is 0 Å². The van der Waals surface area contributed by atoms with Crippen LogP contribution in [0.4, 0.5) is 4.39 Å². The van der Waals surface area contributed by atoms with Gasteiger partial charge in [0.2, 0.25) is 21.8 Å². The fourth-order valence-corrected chi connectivity index (χ4v) is 4.06. The molecule has 6 nitrogen and oxygen atoms in total. The van der Waals surface area contributed by atoms with Crippen molar-refractivity contribution >= 4 is 21.8 Å². The molecular formula is C13H15FN2O4S. The van der Waals surface area contributed by atoms with E-state index in [1.54, 1.807) is 0 Å². The fraction of sp³-hybridized carbons (Fsp3) is 0.385. The molecule has 1 aliphatic rings. The number of nitrogens with one attached hydrogen (secondary N) is 1. The van der Waals surface area contributed by atoms with Gasteiger partial charge in [-0.25, -0.2) is 12.8 Å². The monoisotopic (exact) mass is 314 g/mol. The standard InChI is InChI=1S/C13H15FN2O4S/c1-7-4-9(14)5-8(2)12(7)21(19,20)15-10-6-11(17)16(3)13(10)18/h4-5,10,15H,6H2,1-3H3. The maximum atomic E-state index is 13.2. The summed E-state index contributed by atoms with van der Waals surface area (Å²) in [6, 6.07) is 1.10. The summed E-state index contributed by atoms with van der Waals surface area (Å²) < 4.78 is 40.2. The van der Waals surface area contributed by atoms with Crippen LogP contribution in [0.1, 0.15) is 17.5 Å². The highest BCUT2D eigenvalue weighted by atomic mass is 32.2. The molecule has 0 spiro atoms. The smallest absolute Gasteiger partial charge is 0.247 e. The van der Waals surface area contributed by atoms with Crippen LogP contribution >= 0.6 is 0 Å². The van der Waals surface area contributed by atoms with Crippen molar-refractivity contribution in [3.8, 4) is 0 Å². The largest absolute Gasteiger partial charge is 0.284 e. The average molecular weight is 314 g/mol. The quantitative estimate of drug-likeness (QED) is 0.823. The predicted octanol–water partition coefficient (Wildman–Crippen LogP) is 0.478. The predicted molar refractivity (Wildman–Crippen MR) is 72.4 cm³/mol. The Morgan fingerprint density at radius 1 is 1.24 bits per heavy atom. The highest BCUT2D eigenvalue weighted by Gasteiger charge is 2.39. The number of aryl methyl sites for hydroxylation is 2. The van der Waals surface area contributed by atoms with Crippen LogP contribution in [0.25, 0.3) is 0 Å². The molecule has 1 atom stereocenters. The Bertz CT molecular complexity index is 707. The maximum absolute atomic E-state index is 13.2. The zero-order valence-electron chi connectivity index (χ0n) is 11.8. The molecule has 1 heterocycles. The van der Waals surface area contributed by atoms with Crippen molar-refractivity contribution in [3.63, 3.8) is 0 Å². The first-order chi connectivity index (χ1) is 9.63. The summed E-state index contributed by atoms with van der Waals surface area (Å²) in [5.41, 5.74) is 0.482. The molecule has 0 saturated carbocycles. The molecular weight excluding hydrogens is 299 g/mol. The summed E-state index contributed by atoms with van der Waals surface area (Å²) in [6.45, 7) is 2.94. The van der Waals surface area contributed by atoms with Gasteiger partial charge in [0, 0.05) is 7.05 Å². The Balaban J connectivity index is 2.37.